The van der Waals surface area contributed by atoms with E-state index in [-0.39, 0.29) is 24.5 Å². The topological polar surface area (TPSA) is 114 Å². The maximum Gasteiger partial charge on any atom is 0.407 e. The molecule has 3 aliphatic rings. The Morgan fingerprint density at radius 2 is 1.71 bits per heavy atom. The van der Waals surface area contributed by atoms with Crippen LogP contribution in [0.25, 0.3) is 10.4 Å². The molecule has 3 saturated carbocycles. The molecule has 6 rings (SSSR count). The van der Waals surface area contributed by atoms with Crippen molar-refractivity contribution >= 4 is 29.2 Å². The number of ether oxygens (including phenoxy) is 2. The number of nitrogens with one attached hydrogen (secondary N) is 1. The fraction of sp³-hybridized carbons (Fsp3) is 0.579. The zero-order chi connectivity index (χ0) is 33.8. The third kappa shape index (κ3) is 8.74. The number of hydrogen-bond acceptors (Lipinski definition) is 8. The van der Waals surface area contributed by atoms with Gasteiger partial charge in [-0.2, -0.15) is 0 Å². The molecule has 9 nitrogen and oxygen atoms in total. The fourth-order valence-corrected chi connectivity index (χ4v) is 8.26. The molecule has 10 heteroatoms. The van der Waals surface area contributed by atoms with Crippen molar-refractivity contribution in [3.63, 3.8) is 0 Å². The van der Waals surface area contributed by atoms with E-state index in [1.54, 1.807) is 32.3 Å². The minimum absolute atomic E-state index is 0.112. The number of hydrogen-bond donors (Lipinski definition) is 2. The lowest BCUT2D eigenvalue weighted by molar-refractivity contribution is -0.124. The Morgan fingerprint density at radius 3 is 2.38 bits per heavy atom. The lowest BCUT2D eigenvalue weighted by Gasteiger charge is -2.35. The highest BCUT2D eigenvalue weighted by Crippen LogP contribution is 2.44. The number of aliphatic hydroxyl groups is 1. The van der Waals surface area contributed by atoms with Gasteiger partial charge >= 0.3 is 6.09 Å². The van der Waals surface area contributed by atoms with E-state index >= 15 is 0 Å². The second kappa shape index (κ2) is 14.9. The predicted molar refractivity (Wildman–Crippen MR) is 189 cm³/mol. The first-order chi connectivity index (χ1) is 23.1. The van der Waals surface area contributed by atoms with E-state index in [1.165, 1.54) is 29.0 Å². The van der Waals surface area contributed by atoms with Crippen LogP contribution in [0.15, 0.2) is 42.7 Å². The van der Waals surface area contributed by atoms with Crippen molar-refractivity contribution in [3.05, 3.63) is 58.9 Å². The smallest absolute Gasteiger partial charge is 0.407 e. The van der Waals surface area contributed by atoms with Gasteiger partial charge in [0.05, 0.1) is 22.6 Å². The van der Waals surface area contributed by atoms with Crippen molar-refractivity contribution in [3.8, 4) is 16.2 Å². The Bertz CT molecular complexity index is 1560. The van der Waals surface area contributed by atoms with Crippen LogP contribution in [0.3, 0.4) is 0 Å². The lowest BCUT2D eigenvalue weighted by atomic mass is 9.78. The molecule has 3 aliphatic carbocycles. The zero-order valence-corrected chi connectivity index (χ0v) is 29.6. The molecule has 3 fully saturated rings. The Kier molecular flexibility index (Phi) is 10.7. The average molecular weight is 675 g/mol. The number of carbonyl (C=O) groups excluding carboxylic acids is 2. The standard InChI is InChI=1S/C38H50N4O5S/c1-24-19-29(13-16-32(24)46-4)26-7-5-25(6-8-26)22-42(34-20-30(17-18-39-34)33-21-40-35(48-33)27-9-10-27)36(43)28-11-14-31(15-12-28)47-37(44)41-23-38(2,3)45/h13,16-21,25-28,31,45H,5-12,14-15,22-23H2,1-4H3,(H,41,44). The zero-order valence-electron chi connectivity index (χ0n) is 28.7. The van der Waals surface area contributed by atoms with E-state index in [1.807, 2.05) is 23.4 Å². The summed E-state index contributed by atoms with van der Waals surface area (Å²) in [5.41, 5.74) is 2.58. The Labute approximate surface area is 288 Å². The molecule has 0 bridgehead atoms. The van der Waals surface area contributed by atoms with Gasteiger partial charge in [-0.3, -0.25) is 9.69 Å². The summed E-state index contributed by atoms with van der Waals surface area (Å²) in [5, 5.41) is 13.7. The summed E-state index contributed by atoms with van der Waals surface area (Å²) in [4.78, 5) is 39.2. The maximum atomic E-state index is 14.4. The number of carbonyl (C=O) groups is 2. The first-order valence-electron chi connectivity index (χ1n) is 17.6. The summed E-state index contributed by atoms with van der Waals surface area (Å²) in [7, 11) is 1.72. The lowest BCUT2D eigenvalue weighted by Crippen LogP contribution is -2.43. The number of nitrogens with zero attached hydrogens (tertiary/aromatic N) is 3. The highest BCUT2D eigenvalue weighted by atomic mass is 32.1. The second-order valence-electron chi connectivity index (χ2n) is 14.7. The SMILES string of the molecule is COc1ccc(C2CCC(CN(C(=O)C3CCC(OC(=O)NCC(C)(C)O)CC3)c3cc(-c4cnc(C5CC5)s4)ccn3)CC2)cc1C. The molecule has 0 radical (unpaired) electrons. The van der Waals surface area contributed by atoms with Crippen molar-refractivity contribution in [1.82, 2.24) is 15.3 Å². The van der Waals surface area contributed by atoms with Crippen LogP contribution in [-0.2, 0) is 9.53 Å². The van der Waals surface area contributed by atoms with E-state index in [9.17, 15) is 14.7 Å². The minimum Gasteiger partial charge on any atom is -0.496 e. The quantitative estimate of drug-likeness (QED) is 0.214. The van der Waals surface area contributed by atoms with E-state index in [4.69, 9.17) is 14.5 Å². The summed E-state index contributed by atoms with van der Waals surface area (Å²) < 4.78 is 11.1. The summed E-state index contributed by atoms with van der Waals surface area (Å²) in [5.74, 6) is 3.09. The number of benzene rings is 1. The third-order valence-corrected chi connectivity index (χ3v) is 11.4. The van der Waals surface area contributed by atoms with Crippen molar-refractivity contribution in [2.45, 2.75) is 109 Å². The van der Waals surface area contributed by atoms with E-state index < -0.39 is 11.7 Å². The number of anilines is 1. The molecule has 48 heavy (non-hydrogen) atoms. The molecule has 0 spiro atoms. The number of aryl methyl sites for hydroxylation is 1. The number of alkyl carbamates (subject to hydrolysis) is 1. The highest BCUT2D eigenvalue weighted by molar-refractivity contribution is 7.15. The summed E-state index contributed by atoms with van der Waals surface area (Å²) in [6, 6.07) is 10.6. The number of methoxy groups -OCH3 is 1. The van der Waals surface area contributed by atoms with Crippen molar-refractivity contribution in [2.75, 3.05) is 25.1 Å². The average Bonchev–Trinajstić information content (AvgIpc) is 3.82. The molecule has 0 saturated heterocycles. The molecule has 2 heterocycles. The maximum absolute atomic E-state index is 14.4. The van der Waals surface area contributed by atoms with Crippen molar-refractivity contribution in [2.24, 2.45) is 11.8 Å². The van der Waals surface area contributed by atoms with Gasteiger partial charge in [0.2, 0.25) is 5.91 Å². The Hall–Kier alpha value is -3.50. The van der Waals surface area contributed by atoms with Crippen LogP contribution in [0, 0.1) is 18.8 Å². The second-order valence-corrected chi connectivity index (χ2v) is 15.7. The van der Waals surface area contributed by atoms with Crippen molar-refractivity contribution < 1.29 is 24.2 Å². The number of pyridine rings is 1. The normalized spacial score (nSPS) is 22.9. The number of aromatic nitrogens is 2. The summed E-state index contributed by atoms with van der Waals surface area (Å²) >= 11 is 1.75. The molecule has 0 atom stereocenters. The molecule has 0 aliphatic heterocycles. The van der Waals surface area contributed by atoms with Crippen LogP contribution < -0.4 is 15.0 Å². The highest BCUT2D eigenvalue weighted by Gasteiger charge is 2.35. The molecule has 2 amide bonds. The van der Waals surface area contributed by atoms with Gasteiger partial charge in [-0.05, 0) is 132 Å². The molecule has 3 aromatic rings. The van der Waals surface area contributed by atoms with Gasteiger partial charge in [0.15, 0.2) is 0 Å². The van der Waals surface area contributed by atoms with Gasteiger partial charge in [0, 0.05) is 37.3 Å². The number of amides is 2. The molecular weight excluding hydrogens is 625 g/mol. The molecular formula is C38H50N4O5S. The fourth-order valence-electron chi connectivity index (χ4n) is 7.18. The number of rotatable bonds is 11. The molecule has 2 N–H and O–H groups in total. The number of thiazole rings is 1. The van der Waals surface area contributed by atoms with E-state index in [0.29, 0.717) is 55.8 Å². The largest absolute Gasteiger partial charge is 0.496 e. The van der Waals surface area contributed by atoms with Gasteiger partial charge in [-0.15, -0.1) is 11.3 Å². The Morgan fingerprint density at radius 1 is 0.979 bits per heavy atom. The van der Waals surface area contributed by atoms with Crippen LogP contribution in [0.5, 0.6) is 5.75 Å². The van der Waals surface area contributed by atoms with Gasteiger partial charge in [0.1, 0.15) is 17.7 Å². The summed E-state index contributed by atoms with van der Waals surface area (Å²) in [6.07, 6.45) is 12.3. The van der Waals surface area contributed by atoms with Crippen LogP contribution in [0.2, 0.25) is 0 Å². The third-order valence-electron chi connectivity index (χ3n) is 10.2. The molecule has 1 aromatic carbocycles. The first-order valence-corrected chi connectivity index (χ1v) is 18.4. The minimum atomic E-state index is -1.01. The van der Waals surface area contributed by atoms with E-state index in [2.05, 4.69) is 41.5 Å². The van der Waals surface area contributed by atoms with Crippen LogP contribution in [-0.4, -0.2) is 59.0 Å². The van der Waals surface area contributed by atoms with Crippen molar-refractivity contribution in [1.29, 1.82) is 0 Å². The van der Waals surface area contributed by atoms with Gasteiger partial charge in [-0.25, -0.2) is 14.8 Å². The van der Waals surface area contributed by atoms with Crippen LogP contribution >= 0.6 is 11.3 Å². The molecule has 0 unspecified atom stereocenters. The summed E-state index contributed by atoms with van der Waals surface area (Å²) in [6.45, 7) is 6.14. The predicted octanol–water partition coefficient (Wildman–Crippen LogP) is 7.76. The van der Waals surface area contributed by atoms with Crippen LogP contribution in [0.4, 0.5) is 10.6 Å². The molecule has 258 valence electrons. The van der Waals surface area contributed by atoms with Gasteiger partial charge < -0.3 is 19.9 Å². The van der Waals surface area contributed by atoms with E-state index in [0.717, 1.165) is 41.9 Å². The first kappa shape index (κ1) is 34.4. The van der Waals surface area contributed by atoms with Gasteiger partial charge in [0.25, 0.3) is 0 Å². The molecule has 2 aromatic heterocycles. The van der Waals surface area contributed by atoms with Crippen LogP contribution in [0.1, 0.15) is 106 Å². The van der Waals surface area contributed by atoms with Gasteiger partial charge in [-0.1, -0.05) is 12.1 Å². The monoisotopic (exact) mass is 674 g/mol. The Balaban J connectivity index is 1.14.